The van der Waals surface area contributed by atoms with Crippen LogP contribution in [-0.2, 0) is 20.9 Å². The molecule has 0 aliphatic carbocycles. The maximum atomic E-state index is 13.1. The molecule has 31 heavy (non-hydrogen) atoms. The number of nitrogens with one attached hydrogen (secondary N) is 1. The minimum atomic E-state index is -0.677. The topological polar surface area (TPSA) is 114 Å². The van der Waals surface area contributed by atoms with Crippen molar-refractivity contribution in [2.24, 2.45) is 0 Å². The third-order valence-electron chi connectivity index (χ3n) is 4.21. The highest BCUT2D eigenvalue weighted by Crippen LogP contribution is 2.07. The Balaban J connectivity index is 2.19. The van der Waals surface area contributed by atoms with Gasteiger partial charge in [-0.15, -0.1) is 11.3 Å². The zero-order valence-electron chi connectivity index (χ0n) is 16.9. The molecule has 0 aliphatic heterocycles. The van der Waals surface area contributed by atoms with Crippen molar-refractivity contribution < 1.29 is 18.7 Å². The van der Waals surface area contributed by atoms with Crippen molar-refractivity contribution in [2.45, 2.75) is 20.4 Å². The lowest BCUT2D eigenvalue weighted by Crippen LogP contribution is -2.34. The predicted molar refractivity (Wildman–Crippen MR) is 115 cm³/mol. The molecule has 3 rings (SSSR count). The monoisotopic (exact) mass is 437 g/mol. The Morgan fingerprint density at radius 1 is 1.29 bits per heavy atom. The summed E-state index contributed by atoms with van der Waals surface area (Å²) < 4.78 is 11.5. The summed E-state index contributed by atoms with van der Waals surface area (Å²) in [4.78, 5) is 37.7. The molecule has 0 saturated heterocycles. The number of aryl methyl sites for hydroxylation is 1. The van der Waals surface area contributed by atoms with Crippen LogP contribution in [0.3, 0.4) is 0 Å². The van der Waals surface area contributed by atoms with Gasteiger partial charge in [-0.3, -0.25) is 14.2 Å². The normalized spacial score (nSPS) is 12.2. The van der Waals surface area contributed by atoms with Crippen LogP contribution in [0.5, 0.6) is 0 Å². The number of nitriles is 1. The second-order valence-corrected chi connectivity index (χ2v) is 7.42. The second-order valence-electron chi connectivity index (χ2n) is 6.39. The van der Waals surface area contributed by atoms with Crippen LogP contribution in [0, 0.1) is 18.3 Å². The average molecular weight is 437 g/mol. The Bertz CT molecular complexity index is 1310. The molecule has 0 fully saturated rings. The van der Waals surface area contributed by atoms with Crippen LogP contribution >= 0.6 is 11.3 Å². The van der Waals surface area contributed by atoms with Crippen molar-refractivity contribution in [3.05, 3.63) is 73.5 Å². The molecular formula is C22H19N3O5S. The highest BCUT2D eigenvalue weighted by Gasteiger charge is 2.17. The van der Waals surface area contributed by atoms with Crippen molar-refractivity contribution in [3.63, 3.8) is 0 Å². The lowest BCUT2D eigenvalue weighted by Gasteiger charge is -2.05. The number of amides is 1. The van der Waals surface area contributed by atoms with Gasteiger partial charge in [0.1, 0.15) is 21.0 Å². The van der Waals surface area contributed by atoms with Crippen LogP contribution < -0.4 is 20.1 Å². The third-order valence-corrected chi connectivity index (χ3v) is 5.30. The van der Waals surface area contributed by atoms with E-state index in [1.807, 2.05) is 13.0 Å². The first kappa shape index (κ1) is 21.8. The molecule has 0 unspecified atom stereocenters. The van der Waals surface area contributed by atoms with Gasteiger partial charge >= 0.3 is 5.97 Å². The fraction of sp³-hybridized carbons (Fsp3) is 0.182. The Kier molecular flexibility index (Phi) is 6.85. The number of benzene rings is 1. The smallest absolute Gasteiger partial charge is 0.332 e. The molecule has 1 N–H and O–H groups in total. The Morgan fingerprint density at radius 2 is 2.03 bits per heavy atom. The molecular weight excluding hydrogens is 418 g/mol. The van der Waals surface area contributed by atoms with Crippen molar-refractivity contribution in [1.82, 2.24) is 9.88 Å². The molecule has 0 aliphatic rings. The van der Waals surface area contributed by atoms with Crippen LogP contribution in [-0.4, -0.2) is 23.1 Å². The third kappa shape index (κ3) is 4.99. The summed E-state index contributed by atoms with van der Waals surface area (Å²) >= 11 is 0.874. The highest BCUT2D eigenvalue weighted by atomic mass is 32.1. The summed E-state index contributed by atoms with van der Waals surface area (Å²) in [5.41, 5.74) is 0.672. The van der Waals surface area contributed by atoms with Crippen LogP contribution in [0.25, 0.3) is 17.3 Å². The Morgan fingerprint density at radius 3 is 2.65 bits per heavy atom. The summed E-state index contributed by atoms with van der Waals surface area (Å²) in [6, 6.07) is 12.3. The maximum Gasteiger partial charge on any atom is 0.332 e. The van der Waals surface area contributed by atoms with Gasteiger partial charge in [0.2, 0.25) is 0 Å². The first-order valence-corrected chi connectivity index (χ1v) is 10.2. The minimum absolute atomic E-state index is 0.0561. The summed E-state index contributed by atoms with van der Waals surface area (Å²) in [5, 5.41) is 12.3. The summed E-state index contributed by atoms with van der Waals surface area (Å²) in [7, 11) is 0. The molecule has 0 saturated carbocycles. The van der Waals surface area contributed by atoms with Crippen LogP contribution in [0.2, 0.25) is 0 Å². The molecule has 158 valence electrons. The van der Waals surface area contributed by atoms with Gasteiger partial charge in [0.15, 0.2) is 5.57 Å². The number of esters is 1. The number of hydrogen-bond donors (Lipinski definition) is 1. The van der Waals surface area contributed by atoms with Gasteiger partial charge < -0.3 is 14.5 Å². The lowest BCUT2D eigenvalue weighted by atomic mass is 10.2. The number of hydrogen-bond acceptors (Lipinski definition) is 7. The van der Waals surface area contributed by atoms with Crippen molar-refractivity contribution >= 4 is 34.9 Å². The first-order valence-electron chi connectivity index (χ1n) is 9.37. The van der Waals surface area contributed by atoms with E-state index >= 15 is 0 Å². The first-order chi connectivity index (χ1) is 14.9. The number of aromatic nitrogens is 1. The molecule has 2 heterocycles. The SMILES string of the molecule is CCOC(=O)C=c1sc(=C(C#N)C(=O)NCc2ccco2)n(-c2ccc(C)cc2)c1=O. The number of thiazole rings is 1. The van der Waals surface area contributed by atoms with Gasteiger partial charge in [0.05, 0.1) is 25.1 Å². The molecule has 1 aromatic carbocycles. The second kappa shape index (κ2) is 9.73. The predicted octanol–water partition coefficient (Wildman–Crippen LogP) is 1.13. The van der Waals surface area contributed by atoms with Gasteiger partial charge in [0, 0.05) is 6.08 Å². The van der Waals surface area contributed by atoms with E-state index in [-0.39, 0.29) is 27.9 Å². The number of carbonyl (C=O) groups is 2. The Labute approximate surface area is 181 Å². The molecule has 0 spiro atoms. The van der Waals surface area contributed by atoms with Gasteiger partial charge in [-0.1, -0.05) is 17.7 Å². The fourth-order valence-electron chi connectivity index (χ4n) is 2.73. The standard InChI is InChI=1S/C22H19N3O5S/c1-3-29-19(26)11-18-21(28)25(15-8-6-14(2)7-9-15)22(31-18)17(12-23)20(27)24-13-16-5-4-10-30-16/h4-11H,3,13H2,1-2H3,(H,24,27). The van der Waals surface area contributed by atoms with E-state index in [1.165, 1.54) is 10.8 Å². The molecule has 0 radical (unpaired) electrons. The van der Waals surface area contributed by atoms with E-state index in [1.54, 1.807) is 43.3 Å². The van der Waals surface area contributed by atoms with Crippen LogP contribution in [0.4, 0.5) is 0 Å². The molecule has 9 heteroatoms. The van der Waals surface area contributed by atoms with E-state index in [4.69, 9.17) is 9.15 Å². The van der Waals surface area contributed by atoms with E-state index in [0.29, 0.717) is 11.4 Å². The molecule has 0 atom stereocenters. The fourth-order valence-corrected chi connectivity index (χ4v) is 3.80. The van der Waals surface area contributed by atoms with Crippen LogP contribution in [0.1, 0.15) is 18.2 Å². The zero-order valence-corrected chi connectivity index (χ0v) is 17.7. The van der Waals surface area contributed by atoms with E-state index < -0.39 is 17.4 Å². The van der Waals surface area contributed by atoms with Gasteiger partial charge in [0.25, 0.3) is 11.5 Å². The minimum Gasteiger partial charge on any atom is -0.467 e. The lowest BCUT2D eigenvalue weighted by molar-refractivity contribution is -0.135. The molecule has 2 aromatic heterocycles. The number of carbonyl (C=O) groups excluding carboxylic acids is 2. The maximum absolute atomic E-state index is 13.1. The number of rotatable bonds is 6. The van der Waals surface area contributed by atoms with E-state index in [2.05, 4.69) is 5.32 Å². The summed E-state index contributed by atoms with van der Waals surface area (Å²) in [6.07, 6.45) is 2.54. The van der Waals surface area contributed by atoms with Gasteiger partial charge in [-0.05, 0) is 38.1 Å². The van der Waals surface area contributed by atoms with E-state index in [9.17, 15) is 19.6 Å². The van der Waals surface area contributed by atoms with Crippen molar-refractivity contribution in [3.8, 4) is 11.8 Å². The van der Waals surface area contributed by atoms with Crippen molar-refractivity contribution in [1.29, 1.82) is 5.26 Å². The number of furan rings is 1. The number of nitrogens with zero attached hydrogens (tertiary/aromatic N) is 2. The molecule has 0 bridgehead atoms. The largest absolute Gasteiger partial charge is 0.467 e. The van der Waals surface area contributed by atoms with Gasteiger partial charge in [-0.25, -0.2) is 4.79 Å². The zero-order chi connectivity index (χ0) is 22.4. The Hall–Kier alpha value is -3.90. The highest BCUT2D eigenvalue weighted by molar-refractivity contribution is 7.07. The quantitative estimate of drug-likeness (QED) is 0.579. The summed E-state index contributed by atoms with van der Waals surface area (Å²) in [6.45, 7) is 3.79. The molecule has 8 nitrogen and oxygen atoms in total. The molecule has 3 aromatic rings. The molecule has 1 amide bonds. The average Bonchev–Trinajstić information content (AvgIpc) is 3.37. The summed E-state index contributed by atoms with van der Waals surface area (Å²) in [5.74, 6) is -0.822. The number of ether oxygens (including phenoxy) is 1. The van der Waals surface area contributed by atoms with E-state index in [0.717, 1.165) is 23.0 Å². The van der Waals surface area contributed by atoms with Gasteiger partial charge in [-0.2, -0.15) is 5.26 Å². The van der Waals surface area contributed by atoms with Crippen molar-refractivity contribution in [2.75, 3.05) is 6.61 Å². The van der Waals surface area contributed by atoms with Crippen LogP contribution in [0.15, 0.2) is 51.9 Å².